The van der Waals surface area contributed by atoms with Crippen LogP contribution >= 0.6 is 39.1 Å². The van der Waals surface area contributed by atoms with Gasteiger partial charge in [-0.2, -0.15) is 0 Å². The van der Waals surface area contributed by atoms with E-state index in [-0.39, 0.29) is 6.04 Å². The minimum Gasteiger partial charge on any atom is -0.454 e. The zero-order chi connectivity index (χ0) is 14.0. The van der Waals surface area contributed by atoms with Gasteiger partial charge in [0.25, 0.3) is 0 Å². The molecular formula is C14H12BrCl2NO. The van der Waals surface area contributed by atoms with Crippen LogP contribution in [0.1, 0.15) is 18.5 Å². The lowest BCUT2D eigenvalue weighted by Crippen LogP contribution is -2.04. The van der Waals surface area contributed by atoms with E-state index in [1.54, 1.807) is 24.3 Å². The number of rotatable bonds is 3. The highest BCUT2D eigenvalue weighted by Crippen LogP contribution is 2.35. The van der Waals surface area contributed by atoms with E-state index in [1.807, 2.05) is 19.1 Å². The maximum Gasteiger partial charge on any atom is 0.146 e. The molecule has 0 aliphatic heterocycles. The second-order valence-electron chi connectivity index (χ2n) is 4.16. The second kappa shape index (κ2) is 6.14. The van der Waals surface area contributed by atoms with E-state index >= 15 is 0 Å². The lowest BCUT2D eigenvalue weighted by Gasteiger charge is -2.12. The molecule has 5 heteroatoms. The second-order valence-corrected chi connectivity index (χ2v) is 5.89. The van der Waals surface area contributed by atoms with E-state index in [0.29, 0.717) is 21.5 Å². The standard InChI is InChI=1S/C14H12BrCl2NO/c1-8(18)9-2-4-13(11(16)6-9)19-14-5-3-10(15)7-12(14)17/h2-8H,18H2,1H3. The summed E-state index contributed by atoms with van der Waals surface area (Å²) < 4.78 is 6.60. The predicted octanol–water partition coefficient (Wildman–Crippen LogP) is 5.57. The molecule has 1 unspecified atom stereocenters. The molecule has 100 valence electrons. The molecule has 19 heavy (non-hydrogen) atoms. The summed E-state index contributed by atoms with van der Waals surface area (Å²) in [5, 5.41) is 1.02. The molecule has 0 aliphatic rings. The third kappa shape index (κ3) is 3.63. The molecule has 1 atom stereocenters. The molecular weight excluding hydrogens is 349 g/mol. The third-order valence-electron chi connectivity index (χ3n) is 2.60. The molecule has 0 amide bonds. The van der Waals surface area contributed by atoms with Crippen molar-refractivity contribution in [3.8, 4) is 11.5 Å². The number of nitrogens with two attached hydrogens (primary N) is 1. The zero-order valence-electron chi connectivity index (χ0n) is 10.2. The molecule has 2 N–H and O–H groups in total. The highest BCUT2D eigenvalue weighted by Gasteiger charge is 2.09. The van der Waals surface area contributed by atoms with Gasteiger partial charge in [0.05, 0.1) is 10.0 Å². The largest absolute Gasteiger partial charge is 0.454 e. The number of hydrogen-bond donors (Lipinski definition) is 1. The first-order chi connectivity index (χ1) is 8.97. The highest BCUT2D eigenvalue weighted by molar-refractivity contribution is 9.10. The summed E-state index contributed by atoms with van der Waals surface area (Å²) in [4.78, 5) is 0. The Labute approximate surface area is 130 Å². The Morgan fingerprint density at radius 2 is 1.63 bits per heavy atom. The molecule has 0 fully saturated rings. The summed E-state index contributed by atoms with van der Waals surface area (Å²) in [5.74, 6) is 1.11. The molecule has 0 saturated carbocycles. The maximum absolute atomic E-state index is 6.17. The first-order valence-electron chi connectivity index (χ1n) is 5.65. The summed E-state index contributed by atoms with van der Waals surface area (Å²) in [6, 6.07) is 10.8. The van der Waals surface area contributed by atoms with E-state index in [4.69, 9.17) is 33.7 Å². The summed E-state index contributed by atoms with van der Waals surface area (Å²) in [6.07, 6.45) is 0. The molecule has 2 nitrogen and oxygen atoms in total. The van der Waals surface area contributed by atoms with Gasteiger partial charge < -0.3 is 10.5 Å². The van der Waals surface area contributed by atoms with Crippen LogP contribution in [0, 0.1) is 0 Å². The van der Waals surface area contributed by atoms with Gasteiger partial charge in [0.1, 0.15) is 11.5 Å². The van der Waals surface area contributed by atoms with Crippen molar-refractivity contribution in [1.29, 1.82) is 0 Å². The van der Waals surface area contributed by atoms with Crippen LogP contribution in [0.4, 0.5) is 0 Å². The molecule has 2 aromatic carbocycles. The van der Waals surface area contributed by atoms with Gasteiger partial charge in [0.2, 0.25) is 0 Å². The number of hydrogen-bond acceptors (Lipinski definition) is 2. The van der Waals surface area contributed by atoms with Crippen LogP contribution in [0.25, 0.3) is 0 Å². The lowest BCUT2D eigenvalue weighted by molar-refractivity contribution is 0.482. The average Bonchev–Trinajstić information content (AvgIpc) is 2.34. The van der Waals surface area contributed by atoms with Crippen LogP contribution < -0.4 is 10.5 Å². The van der Waals surface area contributed by atoms with E-state index in [2.05, 4.69) is 15.9 Å². The van der Waals surface area contributed by atoms with Crippen molar-refractivity contribution in [2.24, 2.45) is 5.73 Å². The first kappa shape index (κ1) is 14.7. The van der Waals surface area contributed by atoms with Crippen molar-refractivity contribution in [3.05, 3.63) is 56.5 Å². The number of ether oxygens (including phenoxy) is 1. The fourth-order valence-corrected chi connectivity index (χ4v) is 2.50. The molecule has 0 heterocycles. The monoisotopic (exact) mass is 359 g/mol. The van der Waals surface area contributed by atoms with Crippen molar-refractivity contribution >= 4 is 39.1 Å². The van der Waals surface area contributed by atoms with Crippen LogP contribution in [0.2, 0.25) is 10.0 Å². The molecule has 0 saturated heterocycles. The highest BCUT2D eigenvalue weighted by atomic mass is 79.9. The van der Waals surface area contributed by atoms with Crippen molar-refractivity contribution in [3.63, 3.8) is 0 Å². The molecule has 0 radical (unpaired) electrons. The first-order valence-corrected chi connectivity index (χ1v) is 7.20. The maximum atomic E-state index is 6.17. The molecule has 0 bridgehead atoms. The quantitative estimate of drug-likeness (QED) is 0.776. The number of halogens is 3. The van der Waals surface area contributed by atoms with Crippen molar-refractivity contribution in [2.45, 2.75) is 13.0 Å². The Morgan fingerprint density at radius 3 is 2.16 bits per heavy atom. The SMILES string of the molecule is CC(N)c1ccc(Oc2ccc(Br)cc2Cl)c(Cl)c1. The van der Waals surface area contributed by atoms with Gasteiger partial charge in [-0.3, -0.25) is 0 Å². The third-order valence-corrected chi connectivity index (χ3v) is 3.68. The molecule has 0 spiro atoms. The van der Waals surface area contributed by atoms with Crippen LogP contribution in [0.15, 0.2) is 40.9 Å². The Balaban J connectivity index is 2.28. The van der Waals surface area contributed by atoms with Gasteiger partial charge in [-0.1, -0.05) is 45.2 Å². The minimum atomic E-state index is -0.0668. The van der Waals surface area contributed by atoms with Crippen molar-refractivity contribution in [2.75, 3.05) is 0 Å². The fourth-order valence-electron chi connectivity index (χ4n) is 1.56. The number of benzene rings is 2. The minimum absolute atomic E-state index is 0.0668. The predicted molar refractivity (Wildman–Crippen MR) is 83.3 cm³/mol. The van der Waals surface area contributed by atoms with Crippen LogP contribution in [0.5, 0.6) is 11.5 Å². The molecule has 2 rings (SSSR count). The Hall–Kier alpha value is -0.740. The summed E-state index contributed by atoms with van der Waals surface area (Å²) in [6.45, 7) is 1.90. The smallest absolute Gasteiger partial charge is 0.146 e. The lowest BCUT2D eigenvalue weighted by atomic mass is 10.1. The van der Waals surface area contributed by atoms with Gasteiger partial charge >= 0.3 is 0 Å². The Bertz CT molecular complexity index is 602. The van der Waals surface area contributed by atoms with Crippen molar-refractivity contribution < 1.29 is 4.74 Å². The Kier molecular flexibility index (Phi) is 4.74. The zero-order valence-corrected chi connectivity index (χ0v) is 13.3. The molecule has 0 aromatic heterocycles. The van der Waals surface area contributed by atoms with E-state index in [9.17, 15) is 0 Å². The van der Waals surface area contributed by atoms with E-state index in [0.717, 1.165) is 10.0 Å². The van der Waals surface area contributed by atoms with Gasteiger partial charge in [-0.05, 0) is 42.8 Å². The van der Waals surface area contributed by atoms with E-state index in [1.165, 1.54) is 0 Å². The molecule has 0 aliphatic carbocycles. The van der Waals surface area contributed by atoms with Gasteiger partial charge in [0, 0.05) is 10.5 Å². The summed E-state index contributed by atoms with van der Waals surface area (Å²) in [5.41, 5.74) is 6.76. The normalized spacial score (nSPS) is 12.3. The van der Waals surface area contributed by atoms with E-state index < -0.39 is 0 Å². The van der Waals surface area contributed by atoms with Crippen LogP contribution in [-0.2, 0) is 0 Å². The average molecular weight is 361 g/mol. The topological polar surface area (TPSA) is 35.2 Å². The molecule has 2 aromatic rings. The van der Waals surface area contributed by atoms with Crippen molar-refractivity contribution in [1.82, 2.24) is 0 Å². The van der Waals surface area contributed by atoms with Gasteiger partial charge in [-0.25, -0.2) is 0 Å². The summed E-state index contributed by atoms with van der Waals surface area (Å²) in [7, 11) is 0. The van der Waals surface area contributed by atoms with Crippen LogP contribution in [-0.4, -0.2) is 0 Å². The Morgan fingerprint density at radius 1 is 1.05 bits per heavy atom. The van der Waals surface area contributed by atoms with Gasteiger partial charge in [-0.15, -0.1) is 0 Å². The van der Waals surface area contributed by atoms with Crippen LogP contribution in [0.3, 0.4) is 0 Å². The fraction of sp³-hybridized carbons (Fsp3) is 0.143. The summed E-state index contributed by atoms with van der Waals surface area (Å²) >= 11 is 15.6. The van der Waals surface area contributed by atoms with Gasteiger partial charge in [0.15, 0.2) is 0 Å².